The van der Waals surface area contributed by atoms with E-state index in [1.807, 2.05) is 0 Å². The maximum atomic E-state index is 12.6. The molecule has 132 valence electrons. The minimum absolute atomic E-state index is 0.112. The van der Waals surface area contributed by atoms with Gasteiger partial charge in [-0.25, -0.2) is 8.42 Å². The van der Waals surface area contributed by atoms with E-state index in [0.717, 1.165) is 12.8 Å². The van der Waals surface area contributed by atoms with Crippen molar-refractivity contribution in [3.8, 4) is 0 Å². The number of anilines is 1. The summed E-state index contributed by atoms with van der Waals surface area (Å²) in [4.78, 5) is 12.6. The molecule has 0 bridgehead atoms. The van der Waals surface area contributed by atoms with E-state index in [-0.39, 0.29) is 17.7 Å². The van der Waals surface area contributed by atoms with Gasteiger partial charge in [0.25, 0.3) is 5.91 Å². The Morgan fingerprint density at radius 3 is 2.71 bits per heavy atom. The minimum Gasteiger partial charge on any atom is -0.349 e. The van der Waals surface area contributed by atoms with Crippen molar-refractivity contribution < 1.29 is 13.2 Å². The largest absolute Gasteiger partial charge is 0.349 e. The Morgan fingerprint density at radius 2 is 2.00 bits per heavy atom. The normalized spacial score (nSPS) is 29.4. The number of hydrogen-bond acceptors (Lipinski definition) is 3. The van der Waals surface area contributed by atoms with E-state index in [9.17, 15) is 13.2 Å². The SMILES string of the molecule is CC1CCCC(NC(=O)c2cccc(N3CCCS3(=O)=O)c2)C1C. The molecule has 1 saturated heterocycles. The lowest BCUT2D eigenvalue weighted by atomic mass is 9.78. The van der Waals surface area contributed by atoms with Crippen molar-refractivity contribution in [2.45, 2.75) is 45.6 Å². The fourth-order valence-electron chi connectivity index (χ4n) is 3.77. The number of benzene rings is 1. The zero-order valence-electron chi connectivity index (χ0n) is 14.4. The predicted molar refractivity (Wildman–Crippen MR) is 95.6 cm³/mol. The summed E-state index contributed by atoms with van der Waals surface area (Å²) in [5.74, 6) is 1.15. The maximum Gasteiger partial charge on any atom is 0.251 e. The van der Waals surface area contributed by atoms with Crippen LogP contribution in [0.1, 0.15) is 49.9 Å². The van der Waals surface area contributed by atoms with Gasteiger partial charge in [-0.2, -0.15) is 0 Å². The fourth-order valence-corrected chi connectivity index (χ4v) is 5.33. The van der Waals surface area contributed by atoms with E-state index >= 15 is 0 Å². The van der Waals surface area contributed by atoms with Gasteiger partial charge in [0, 0.05) is 18.2 Å². The van der Waals surface area contributed by atoms with Gasteiger partial charge < -0.3 is 5.32 Å². The summed E-state index contributed by atoms with van der Waals surface area (Å²) in [5.41, 5.74) is 1.12. The molecule has 1 aliphatic carbocycles. The van der Waals surface area contributed by atoms with Gasteiger partial charge in [0.15, 0.2) is 0 Å². The maximum absolute atomic E-state index is 12.6. The van der Waals surface area contributed by atoms with E-state index < -0.39 is 10.0 Å². The minimum atomic E-state index is -3.22. The number of nitrogens with one attached hydrogen (secondary N) is 1. The Kier molecular flexibility index (Phi) is 4.85. The van der Waals surface area contributed by atoms with Crippen LogP contribution < -0.4 is 9.62 Å². The zero-order valence-corrected chi connectivity index (χ0v) is 15.2. The highest BCUT2D eigenvalue weighted by molar-refractivity contribution is 7.93. The van der Waals surface area contributed by atoms with Gasteiger partial charge in [0.1, 0.15) is 0 Å². The first-order valence-electron chi connectivity index (χ1n) is 8.80. The molecule has 5 nitrogen and oxygen atoms in total. The van der Waals surface area contributed by atoms with Crippen LogP contribution in [0.5, 0.6) is 0 Å². The number of carbonyl (C=O) groups is 1. The van der Waals surface area contributed by atoms with Crippen LogP contribution in [0.15, 0.2) is 24.3 Å². The van der Waals surface area contributed by atoms with E-state index in [1.165, 1.54) is 10.7 Å². The van der Waals surface area contributed by atoms with Gasteiger partial charge in [-0.3, -0.25) is 9.10 Å². The van der Waals surface area contributed by atoms with E-state index in [4.69, 9.17) is 0 Å². The van der Waals surface area contributed by atoms with Gasteiger partial charge in [-0.05, 0) is 42.9 Å². The van der Waals surface area contributed by atoms with Gasteiger partial charge >= 0.3 is 0 Å². The van der Waals surface area contributed by atoms with E-state index in [2.05, 4.69) is 19.2 Å². The third kappa shape index (κ3) is 3.43. The first-order valence-corrected chi connectivity index (χ1v) is 10.4. The van der Waals surface area contributed by atoms with Crippen LogP contribution in [0.25, 0.3) is 0 Å². The monoisotopic (exact) mass is 350 g/mol. The van der Waals surface area contributed by atoms with Crippen LogP contribution in [0.3, 0.4) is 0 Å². The average Bonchev–Trinajstić information content (AvgIpc) is 2.91. The molecule has 1 heterocycles. The molecule has 2 fully saturated rings. The first kappa shape index (κ1) is 17.3. The van der Waals surface area contributed by atoms with Crippen LogP contribution in [0, 0.1) is 11.8 Å². The van der Waals surface area contributed by atoms with Crippen LogP contribution in [-0.4, -0.2) is 32.7 Å². The van der Waals surface area contributed by atoms with Crippen molar-refractivity contribution in [2.75, 3.05) is 16.6 Å². The molecule has 0 radical (unpaired) electrons. The first-order chi connectivity index (χ1) is 11.4. The lowest BCUT2D eigenvalue weighted by molar-refractivity contribution is 0.0891. The molecule has 24 heavy (non-hydrogen) atoms. The molecule has 3 rings (SSSR count). The molecular weight excluding hydrogens is 324 g/mol. The van der Waals surface area contributed by atoms with E-state index in [1.54, 1.807) is 24.3 Å². The Balaban J connectivity index is 1.75. The predicted octanol–water partition coefficient (Wildman–Crippen LogP) is 2.78. The zero-order chi connectivity index (χ0) is 17.3. The Bertz CT molecular complexity index is 717. The summed E-state index contributed by atoms with van der Waals surface area (Å²) in [6.45, 7) is 4.93. The molecule has 1 aromatic rings. The molecule has 1 amide bonds. The number of amides is 1. The van der Waals surface area contributed by atoms with Gasteiger partial charge in [0.2, 0.25) is 10.0 Å². The molecule has 3 atom stereocenters. The summed E-state index contributed by atoms with van der Waals surface area (Å²) in [6.07, 6.45) is 4.01. The highest BCUT2D eigenvalue weighted by atomic mass is 32.2. The van der Waals surface area contributed by atoms with Gasteiger partial charge in [0.05, 0.1) is 11.4 Å². The molecule has 0 aromatic heterocycles. The van der Waals surface area contributed by atoms with Crippen LogP contribution >= 0.6 is 0 Å². The quantitative estimate of drug-likeness (QED) is 0.911. The lowest BCUT2D eigenvalue weighted by Crippen LogP contribution is -2.43. The second-order valence-corrected chi connectivity index (χ2v) is 9.15. The molecule has 1 aliphatic heterocycles. The highest BCUT2D eigenvalue weighted by Gasteiger charge is 2.30. The number of rotatable bonds is 3. The second-order valence-electron chi connectivity index (χ2n) is 7.14. The van der Waals surface area contributed by atoms with Crippen molar-refractivity contribution in [1.29, 1.82) is 0 Å². The molecule has 1 aromatic carbocycles. The van der Waals surface area contributed by atoms with Crippen molar-refractivity contribution in [2.24, 2.45) is 11.8 Å². The van der Waals surface area contributed by atoms with Gasteiger partial charge in [-0.15, -0.1) is 0 Å². The number of hydrogen-bond donors (Lipinski definition) is 1. The summed E-state index contributed by atoms with van der Waals surface area (Å²) >= 11 is 0. The summed E-state index contributed by atoms with van der Waals surface area (Å²) < 4.78 is 25.5. The molecule has 1 N–H and O–H groups in total. The number of sulfonamides is 1. The number of nitrogens with zero attached hydrogens (tertiary/aromatic N) is 1. The van der Waals surface area contributed by atoms with Crippen molar-refractivity contribution in [1.82, 2.24) is 5.32 Å². The highest BCUT2D eigenvalue weighted by Crippen LogP contribution is 2.30. The molecule has 6 heteroatoms. The van der Waals surface area contributed by atoms with Crippen LogP contribution in [0.4, 0.5) is 5.69 Å². The summed E-state index contributed by atoms with van der Waals surface area (Å²) in [5, 5.41) is 3.15. The van der Waals surface area contributed by atoms with Crippen LogP contribution in [-0.2, 0) is 10.0 Å². The standard InChI is InChI=1S/C18H26N2O3S/c1-13-6-3-9-17(14(13)2)19-18(21)15-7-4-8-16(12-15)20-10-5-11-24(20,22)23/h4,7-8,12-14,17H,3,5-6,9-11H2,1-2H3,(H,19,21). The number of carbonyl (C=O) groups excluding carboxylic acids is 1. The molecular formula is C18H26N2O3S. The fraction of sp³-hybridized carbons (Fsp3) is 0.611. The van der Waals surface area contributed by atoms with Crippen LogP contribution in [0.2, 0.25) is 0 Å². The molecule has 2 aliphatic rings. The smallest absolute Gasteiger partial charge is 0.251 e. The molecule has 0 spiro atoms. The third-order valence-electron chi connectivity index (χ3n) is 5.52. The summed E-state index contributed by atoms with van der Waals surface area (Å²) in [7, 11) is -3.22. The van der Waals surface area contributed by atoms with E-state index in [0.29, 0.717) is 36.1 Å². The average molecular weight is 350 g/mol. The van der Waals surface area contributed by atoms with Gasteiger partial charge in [-0.1, -0.05) is 32.8 Å². The second kappa shape index (κ2) is 6.75. The molecule has 1 saturated carbocycles. The van der Waals surface area contributed by atoms with Crippen molar-refractivity contribution in [3.05, 3.63) is 29.8 Å². The third-order valence-corrected chi connectivity index (χ3v) is 7.39. The molecule has 3 unspecified atom stereocenters. The topological polar surface area (TPSA) is 66.5 Å². The Morgan fingerprint density at radius 1 is 1.21 bits per heavy atom. The van der Waals surface area contributed by atoms with Crippen molar-refractivity contribution >= 4 is 21.6 Å². The van der Waals surface area contributed by atoms with Crippen molar-refractivity contribution in [3.63, 3.8) is 0 Å². The Labute approximate surface area is 144 Å². The summed E-state index contributed by atoms with van der Waals surface area (Å²) in [6, 6.07) is 7.14. The lowest BCUT2D eigenvalue weighted by Gasteiger charge is -2.34. The Hall–Kier alpha value is -1.56.